The SMILES string of the molecule is CCCn1c(C)c[n+](Cc2ccc(C(=O)[O-])cc2)c1C. The number of hydrogen-bond acceptors (Lipinski definition) is 2. The number of aromatic nitrogens is 2. The molecule has 0 N–H and O–H groups in total. The van der Waals surface area contributed by atoms with Gasteiger partial charge in [-0.05, 0) is 17.5 Å². The molecule has 0 radical (unpaired) electrons. The molecule has 0 atom stereocenters. The van der Waals surface area contributed by atoms with Crippen LogP contribution in [0.5, 0.6) is 0 Å². The topological polar surface area (TPSA) is 48.9 Å². The molecule has 0 spiro atoms. The summed E-state index contributed by atoms with van der Waals surface area (Å²) in [6.45, 7) is 8.16. The van der Waals surface area contributed by atoms with Gasteiger partial charge in [-0.15, -0.1) is 0 Å². The molecular formula is C16H20N2O2. The normalized spacial score (nSPS) is 10.8. The van der Waals surface area contributed by atoms with Gasteiger partial charge in [-0.1, -0.05) is 31.2 Å². The van der Waals surface area contributed by atoms with Crippen molar-refractivity contribution in [3.63, 3.8) is 0 Å². The predicted octanol–water partition coefficient (Wildman–Crippen LogP) is 1.21. The Labute approximate surface area is 119 Å². The van der Waals surface area contributed by atoms with Crippen molar-refractivity contribution in [2.75, 3.05) is 0 Å². The van der Waals surface area contributed by atoms with Crippen LogP contribution in [0, 0.1) is 13.8 Å². The first-order valence-electron chi connectivity index (χ1n) is 6.89. The van der Waals surface area contributed by atoms with Crippen LogP contribution in [0.25, 0.3) is 0 Å². The van der Waals surface area contributed by atoms with E-state index in [4.69, 9.17) is 0 Å². The Morgan fingerprint density at radius 2 is 1.90 bits per heavy atom. The largest absolute Gasteiger partial charge is 0.545 e. The van der Waals surface area contributed by atoms with Gasteiger partial charge in [0.15, 0.2) is 0 Å². The second-order valence-electron chi connectivity index (χ2n) is 5.08. The predicted molar refractivity (Wildman–Crippen MR) is 74.3 cm³/mol. The molecule has 0 aliphatic heterocycles. The molecule has 0 aliphatic rings. The van der Waals surface area contributed by atoms with Crippen LogP contribution in [0.15, 0.2) is 30.5 Å². The zero-order valence-electron chi connectivity index (χ0n) is 12.2. The number of imidazole rings is 1. The minimum absolute atomic E-state index is 0.218. The third-order valence-corrected chi connectivity index (χ3v) is 3.56. The van der Waals surface area contributed by atoms with Crippen LogP contribution in [0.2, 0.25) is 0 Å². The van der Waals surface area contributed by atoms with Crippen LogP contribution in [-0.4, -0.2) is 10.5 Å². The Morgan fingerprint density at radius 1 is 1.25 bits per heavy atom. The maximum Gasteiger partial charge on any atom is 0.253 e. The van der Waals surface area contributed by atoms with Crippen LogP contribution in [-0.2, 0) is 13.1 Å². The molecule has 2 aromatic rings. The number of aryl methyl sites for hydroxylation is 1. The molecule has 1 aromatic heterocycles. The molecule has 1 aromatic carbocycles. The molecule has 106 valence electrons. The molecule has 4 heteroatoms. The number of hydrogen-bond donors (Lipinski definition) is 0. The molecule has 0 amide bonds. The van der Waals surface area contributed by atoms with Crippen molar-refractivity contribution in [2.24, 2.45) is 0 Å². The summed E-state index contributed by atoms with van der Waals surface area (Å²) in [6, 6.07) is 6.86. The van der Waals surface area contributed by atoms with Gasteiger partial charge in [0.1, 0.15) is 18.4 Å². The van der Waals surface area contributed by atoms with Gasteiger partial charge in [0, 0.05) is 13.8 Å². The smallest absolute Gasteiger partial charge is 0.253 e. The molecule has 20 heavy (non-hydrogen) atoms. The Bertz CT molecular complexity index is 612. The third kappa shape index (κ3) is 2.90. The number of carbonyl (C=O) groups is 1. The summed E-state index contributed by atoms with van der Waals surface area (Å²) >= 11 is 0. The Morgan fingerprint density at radius 3 is 2.45 bits per heavy atom. The van der Waals surface area contributed by atoms with E-state index in [-0.39, 0.29) is 5.56 Å². The Hall–Kier alpha value is -2.10. The standard InChI is InChI=1S/C16H20N2O2/c1-4-9-18-12(2)10-17(13(18)3)11-14-5-7-15(8-6-14)16(19)20/h5-8,10H,4,9,11H2,1-3H3. The zero-order chi connectivity index (χ0) is 14.7. The molecule has 1 heterocycles. The number of nitrogens with zero attached hydrogens (tertiary/aromatic N) is 2. The fourth-order valence-electron chi connectivity index (χ4n) is 2.46. The lowest BCUT2D eigenvalue weighted by Gasteiger charge is -2.04. The van der Waals surface area contributed by atoms with Crippen molar-refractivity contribution >= 4 is 5.97 Å². The number of benzene rings is 1. The molecule has 0 saturated heterocycles. The summed E-state index contributed by atoms with van der Waals surface area (Å²) in [5.74, 6) is 0.0821. The van der Waals surface area contributed by atoms with Gasteiger partial charge in [0.2, 0.25) is 0 Å². The lowest BCUT2D eigenvalue weighted by Crippen LogP contribution is -2.36. The lowest BCUT2D eigenvalue weighted by molar-refractivity contribution is -0.694. The van der Waals surface area contributed by atoms with E-state index >= 15 is 0 Å². The molecule has 4 nitrogen and oxygen atoms in total. The summed E-state index contributed by atoms with van der Waals surface area (Å²) in [6.07, 6.45) is 3.24. The minimum Gasteiger partial charge on any atom is -0.545 e. The summed E-state index contributed by atoms with van der Waals surface area (Å²) in [5.41, 5.74) is 2.54. The van der Waals surface area contributed by atoms with E-state index in [1.165, 1.54) is 11.5 Å². The van der Waals surface area contributed by atoms with Gasteiger partial charge in [0.25, 0.3) is 5.82 Å². The van der Waals surface area contributed by atoms with Crippen molar-refractivity contribution in [3.8, 4) is 0 Å². The van der Waals surface area contributed by atoms with Crippen LogP contribution < -0.4 is 9.67 Å². The number of carbonyl (C=O) groups excluding carboxylic acids is 1. The number of aromatic carboxylic acids is 1. The first-order valence-corrected chi connectivity index (χ1v) is 6.89. The highest BCUT2D eigenvalue weighted by molar-refractivity contribution is 5.85. The van der Waals surface area contributed by atoms with Crippen molar-refractivity contribution < 1.29 is 14.5 Å². The van der Waals surface area contributed by atoms with Gasteiger partial charge in [0.05, 0.1) is 12.5 Å². The average Bonchev–Trinajstić information content (AvgIpc) is 2.67. The third-order valence-electron chi connectivity index (χ3n) is 3.56. The highest BCUT2D eigenvalue weighted by Gasteiger charge is 2.16. The summed E-state index contributed by atoms with van der Waals surface area (Å²) in [4.78, 5) is 10.7. The average molecular weight is 272 g/mol. The van der Waals surface area contributed by atoms with Crippen molar-refractivity contribution in [1.82, 2.24) is 4.57 Å². The minimum atomic E-state index is -1.13. The van der Waals surface area contributed by atoms with Gasteiger partial charge < -0.3 is 9.90 Å². The number of rotatable bonds is 5. The van der Waals surface area contributed by atoms with E-state index in [1.807, 2.05) is 12.1 Å². The number of carboxylic acid groups (broad SMARTS) is 1. The maximum absolute atomic E-state index is 10.7. The summed E-state index contributed by atoms with van der Waals surface area (Å²) in [7, 11) is 0. The first-order chi connectivity index (χ1) is 9.52. The second kappa shape index (κ2) is 5.90. The van der Waals surface area contributed by atoms with Gasteiger partial charge >= 0.3 is 0 Å². The van der Waals surface area contributed by atoms with E-state index in [0.29, 0.717) is 0 Å². The fraction of sp³-hybridized carbons (Fsp3) is 0.375. The van der Waals surface area contributed by atoms with Gasteiger partial charge in [-0.25, -0.2) is 9.13 Å². The quantitative estimate of drug-likeness (QED) is 0.768. The second-order valence-corrected chi connectivity index (χ2v) is 5.08. The molecule has 0 saturated carbocycles. The van der Waals surface area contributed by atoms with Crippen molar-refractivity contribution in [2.45, 2.75) is 40.3 Å². The summed E-state index contributed by atoms with van der Waals surface area (Å²) in [5, 5.41) is 10.7. The Kier molecular flexibility index (Phi) is 4.23. The highest BCUT2D eigenvalue weighted by atomic mass is 16.4. The molecule has 0 aliphatic carbocycles. The van der Waals surface area contributed by atoms with Crippen molar-refractivity contribution in [3.05, 3.63) is 53.1 Å². The molecular weight excluding hydrogens is 252 g/mol. The lowest BCUT2D eigenvalue weighted by atomic mass is 10.1. The molecule has 0 unspecified atom stereocenters. The maximum atomic E-state index is 10.7. The van der Waals surface area contributed by atoms with Crippen LogP contribution in [0.4, 0.5) is 0 Å². The zero-order valence-corrected chi connectivity index (χ0v) is 12.2. The molecule has 2 rings (SSSR count). The summed E-state index contributed by atoms with van der Waals surface area (Å²) < 4.78 is 4.49. The number of carboxylic acids is 1. The van der Waals surface area contributed by atoms with Crippen LogP contribution >= 0.6 is 0 Å². The van der Waals surface area contributed by atoms with Crippen molar-refractivity contribution in [1.29, 1.82) is 0 Å². The Balaban J connectivity index is 2.21. The van der Waals surface area contributed by atoms with Gasteiger partial charge in [-0.2, -0.15) is 0 Å². The first kappa shape index (κ1) is 14.3. The van der Waals surface area contributed by atoms with Crippen LogP contribution in [0.3, 0.4) is 0 Å². The van der Waals surface area contributed by atoms with Gasteiger partial charge in [-0.3, -0.25) is 0 Å². The fourth-order valence-corrected chi connectivity index (χ4v) is 2.46. The van der Waals surface area contributed by atoms with E-state index in [1.54, 1.807) is 12.1 Å². The van der Waals surface area contributed by atoms with E-state index in [2.05, 4.69) is 36.1 Å². The van der Waals surface area contributed by atoms with E-state index < -0.39 is 5.97 Å². The van der Waals surface area contributed by atoms with Crippen LogP contribution in [0.1, 0.15) is 40.8 Å². The monoisotopic (exact) mass is 272 g/mol. The van der Waals surface area contributed by atoms with E-state index in [9.17, 15) is 9.90 Å². The molecule has 0 bridgehead atoms. The van der Waals surface area contributed by atoms with E-state index in [0.717, 1.165) is 25.1 Å². The molecule has 0 fully saturated rings. The highest BCUT2D eigenvalue weighted by Crippen LogP contribution is 2.07.